The monoisotopic (exact) mass is 476 g/mol. The van der Waals surface area contributed by atoms with Crippen molar-refractivity contribution in [1.82, 2.24) is 35.2 Å². The number of ether oxygens (including phenoxy) is 1. The van der Waals surface area contributed by atoms with Crippen molar-refractivity contribution in [3.63, 3.8) is 0 Å². The molecule has 5 aliphatic rings. The minimum Gasteiger partial charge on any atom is -0.377 e. The number of hydrogen-bond donors (Lipinski definition) is 2. The van der Waals surface area contributed by atoms with Crippen LogP contribution in [-0.2, 0) is 10.2 Å². The molecule has 1 unspecified atom stereocenters. The van der Waals surface area contributed by atoms with Crippen LogP contribution in [0, 0.1) is 5.92 Å². The number of likely N-dealkylation sites (tertiary alicyclic amines) is 1. The van der Waals surface area contributed by atoms with Gasteiger partial charge in [0.1, 0.15) is 5.82 Å². The fourth-order valence-electron chi connectivity index (χ4n) is 6.84. The van der Waals surface area contributed by atoms with E-state index in [1.54, 1.807) is 6.20 Å². The number of anilines is 1. The Bertz CT molecular complexity index is 1240. The zero-order valence-corrected chi connectivity index (χ0v) is 20.1. The van der Waals surface area contributed by atoms with Gasteiger partial charge in [-0.25, -0.2) is 9.78 Å². The van der Waals surface area contributed by atoms with Crippen molar-refractivity contribution in [2.75, 3.05) is 37.7 Å². The van der Waals surface area contributed by atoms with Crippen molar-refractivity contribution in [1.29, 1.82) is 0 Å². The molecule has 184 valence electrons. The molecule has 0 aromatic carbocycles. The van der Waals surface area contributed by atoms with E-state index in [2.05, 4.69) is 33.4 Å². The molecule has 10 nitrogen and oxygen atoms in total. The number of hydrogen-bond acceptors (Lipinski definition) is 6. The Kier molecular flexibility index (Phi) is 4.80. The summed E-state index contributed by atoms with van der Waals surface area (Å²) in [5.74, 6) is 2.32. The highest BCUT2D eigenvalue weighted by Crippen LogP contribution is 2.61. The molecule has 2 N–H and O–H groups in total. The molecule has 3 aromatic heterocycles. The lowest BCUT2D eigenvalue weighted by Crippen LogP contribution is -2.44. The SMILES string of the molecule is C[C@@H]1COCCN1c1cc(C23CC(C2)C(NC(=O)N2CCCC2)C3)c2cnn(-c3ccn[nH]3)c2n1. The third-order valence-corrected chi connectivity index (χ3v) is 8.66. The summed E-state index contributed by atoms with van der Waals surface area (Å²) in [6.45, 7) is 6.18. The molecule has 0 radical (unpaired) electrons. The number of carbonyl (C=O) groups excluding carboxylic acids is 1. The van der Waals surface area contributed by atoms with Crippen molar-refractivity contribution < 1.29 is 9.53 Å². The minimum atomic E-state index is 0.0565. The van der Waals surface area contributed by atoms with Crippen molar-refractivity contribution in [3.8, 4) is 5.82 Å². The normalized spacial score (nSPS) is 30.1. The molecule has 10 heteroatoms. The van der Waals surface area contributed by atoms with E-state index in [1.807, 2.05) is 21.8 Å². The Morgan fingerprint density at radius 1 is 1.23 bits per heavy atom. The summed E-state index contributed by atoms with van der Waals surface area (Å²) in [6, 6.07) is 4.82. The summed E-state index contributed by atoms with van der Waals surface area (Å²) >= 11 is 0. The summed E-state index contributed by atoms with van der Waals surface area (Å²) in [7, 11) is 0. The fraction of sp³-hybridized carbons (Fsp3) is 0.600. The van der Waals surface area contributed by atoms with Gasteiger partial charge in [0.25, 0.3) is 0 Å². The van der Waals surface area contributed by atoms with E-state index in [4.69, 9.17) is 14.8 Å². The number of aromatic amines is 1. The molecule has 2 bridgehead atoms. The topological polar surface area (TPSA) is 104 Å². The van der Waals surface area contributed by atoms with E-state index in [0.29, 0.717) is 19.1 Å². The molecule has 2 aliphatic heterocycles. The molecule has 2 atom stereocenters. The van der Waals surface area contributed by atoms with Gasteiger partial charge in [0.2, 0.25) is 0 Å². The van der Waals surface area contributed by atoms with Gasteiger partial charge in [-0.15, -0.1) is 0 Å². The predicted molar refractivity (Wildman–Crippen MR) is 131 cm³/mol. The van der Waals surface area contributed by atoms with Crippen molar-refractivity contribution >= 4 is 22.9 Å². The first kappa shape index (κ1) is 21.2. The number of nitrogens with zero attached hydrogens (tertiary/aromatic N) is 6. The number of urea groups is 1. The predicted octanol–water partition coefficient (Wildman–Crippen LogP) is 2.59. The van der Waals surface area contributed by atoms with Gasteiger partial charge in [0.05, 0.1) is 31.6 Å². The van der Waals surface area contributed by atoms with Crippen LogP contribution in [0.5, 0.6) is 0 Å². The molecular weight excluding hydrogens is 444 g/mol. The van der Waals surface area contributed by atoms with Crippen molar-refractivity contribution in [2.24, 2.45) is 5.92 Å². The molecule has 2 amide bonds. The second-order valence-corrected chi connectivity index (χ2v) is 10.8. The van der Waals surface area contributed by atoms with E-state index < -0.39 is 0 Å². The number of pyridine rings is 1. The molecular formula is C25H32N8O2. The van der Waals surface area contributed by atoms with Crippen molar-refractivity contribution in [2.45, 2.75) is 56.5 Å². The summed E-state index contributed by atoms with van der Waals surface area (Å²) in [6.07, 6.45) is 9.09. The van der Waals surface area contributed by atoms with Gasteiger partial charge in [-0.3, -0.25) is 5.10 Å². The molecule has 5 heterocycles. The second kappa shape index (κ2) is 7.94. The average Bonchev–Trinajstić information content (AvgIpc) is 3.66. The number of carbonyl (C=O) groups is 1. The van der Waals surface area contributed by atoms with Crippen LogP contribution >= 0.6 is 0 Å². The number of aromatic nitrogens is 5. The highest BCUT2D eigenvalue weighted by Gasteiger charge is 2.58. The van der Waals surface area contributed by atoms with Gasteiger partial charge in [-0.1, -0.05) is 0 Å². The average molecular weight is 477 g/mol. The number of rotatable bonds is 4. The van der Waals surface area contributed by atoms with Gasteiger partial charge in [-0.2, -0.15) is 14.9 Å². The van der Waals surface area contributed by atoms with Crippen LogP contribution in [0.2, 0.25) is 0 Å². The van der Waals surface area contributed by atoms with Crippen LogP contribution in [0.1, 0.15) is 44.6 Å². The number of H-pyrrole nitrogens is 1. The van der Waals surface area contributed by atoms with Crippen LogP contribution in [0.25, 0.3) is 16.9 Å². The van der Waals surface area contributed by atoms with Crippen molar-refractivity contribution in [3.05, 3.63) is 30.1 Å². The van der Waals surface area contributed by atoms with Gasteiger partial charge < -0.3 is 19.9 Å². The lowest BCUT2D eigenvalue weighted by molar-refractivity contribution is 0.0985. The van der Waals surface area contributed by atoms with E-state index >= 15 is 0 Å². The Labute approximate surface area is 204 Å². The minimum absolute atomic E-state index is 0.0565. The maximum Gasteiger partial charge on any atom is 0.317 e. The first-order valence-electron chi connectivity index (χ1n) is 12.9. The lowest BCUT2D eigenvalue weighted by Gasteiger charge is -2.40. The fourth-order valence-corrected chi connectivity index (χ4v) is 6.84. The maximum atomic E-state index is 12.8. The quantitative estimate of drug-likeness (QED) is 0.600. The van der Waals surface area contributed by atoms with Gasteiger partial charge >= 0.3 is 6.03 Å². The number of morpholine rings is 1. The van der Waals surface area contributed by atoms with E-state index in [1.165, 1.54) is 5.56 Å². The van der Waals surface area contributed by atoms with E-state index in [9.17, 15) is 4.79 Å². The molecule has 35 heavy (non-hydrogen) atoms. The summed E-state index contributed by atoms with van der Waals surface area (Å²) in [5.41, 5.74) is 2.22. The number of amides is 2. The van der Waals surface area contributed by atoms with Gasteiger partial charge in [0, 0.05) is 37.1 Å². The zero-order valence-electron chi connectivity index (χ0n) is 20.1. The van der Waals surface area contributed by atoms with E-state index in [0.717, 1.165) is 74.4 Å². The van der Waals surface area contributed by atoms with Crippen LogP contribution in [-0.4, -0.2) is 80.8 Å². The van der Waals surface area contributed by atoms with Crippen LogP contribution in [0.15, 0.2) is 24.5 Å². The molecule has 2 saturated heterocycles. The maximum absolute atomic E-state index is 12.8. The van der Waals surface area contributed by atoms with Crippen LogP contribution < -0.4 is 10.2 Å². The molecule has 5 fully saturated rings. The number of nitrogens with one attached hydrogen (secondary N) is 2. The first-order valence-corrected chi connectivity index (χ1v) is 12.9. The lowest BCUT2D eigenvalue weighted by atomic mass is 9.65. The molecule has 3 aromatic rings. The van der Waals surface area contributed by atoms with Gasteiger partial charge in [0.15, 0.2) is 11.5 Å². The summed E-state index contributed by atoms with van der Waals surface area (Å²) < 4.78 is 7.55. The van der Waals surface area contributed by atoms with Gasteiger partial charge in [-0.05, 0) is 62.0 Å². The molecule has 0 spiro atoms. The highest BCUT2D eigenvalue weighted by molar-refractivity contribution is 5.84. The Hall–Kier alpha value is -3.14. The Morgan fingerprint density at radius 2 is 2.09 bits per heavy atom. The van der Waals surface area contributed by atoms with Crippen LogP contribution in [0.4, 0.5) is 10.6 Å². The Balaban J connectivity index is 1.26. The highest BCUT2D eigenvalue weighted by atomic mass is 16.5. The standard InChI is InChI=1S/C25H32N8O2/c1-16-15-35-9-8-32(16)22-10-19(18-14-27-33(23(18)29-22)21-4-5-26-30-21)25-11-17(12-25)20(13-25)28-24(34)31-6-2-3-7-31/h4-5,10,14,16-17,20H,2-3,6-9,11-13,15H2,1H3,(H,26,30)(H,28,34)/t16-,17?,20?,25?/m1/s1. The first-order chi connectivity index (χ1) is 17.1. The molecule has 3 saturated carbocycles. The third-order valence-electron chi connectivity index (χ3n) is 8.66. The largest absolute Gasteiger partial charge is 0.377 e. The summed E-state index contributed by atoms with van der Waals surface area (Å²) in [5, 5.41) is 16.3. The zero-order chi connectivity index (χ0) is 23.6. The molecule has 3 aliphatic carbocycles. The third kappa shape index (κ3) is 3.33. The summed E-state index contributed by atoms with van der Waals surface area (Å²) in [4.78, 5) is 22.2. The van der Waals surface area contributed by atoms with Crippen LogP contribution in [0.3, 0.4) is 0 Å². The second-order valence-electron chi connectivity index (χ2n) is 10.8. The number of fused-ring (bicyclic) bond motifs is 2. The Morgan fingerprint density at radius 3 is 2.86 bits per heavy atom. The molecule has 8 rings (SSSR count). The smallest absolute Gasteiger partial charge is 0.317 e. The van der Waals surface area contributed by atoms with E-state index in [-0.39, 0.29) is 23.5 Å².